The van der Waals surface area contributed by atoms with Crippen molar-refractivity contribution >= 4 is 17.6 Å². The van der Waals surface area contributed by atoms with Crippen molar-refractivity contribution in [3.63, 3.8) is 0 Å². The molecule has 1 saturated carbocycles. The zero-order valence-electron chi connectivity index (χ0n) is 12.4. The lowest BCUT2D eigenvalue weighted by Crippen LogP contribution is -2.36. The number of rotatable bonds is 3. The summed E-state index contributed by atoms with van der Waals surface area (Å²) in [6.45, 7) is 0.985. The predicted molar refractivity (Wildman–Crippen MR) is 81.4 cm³/mol. The molecular weight excluding hydrogens is 298 g/mol. The van der Waals surface area contributed by atoms with E-state index in [2.05, 4.69) is 5.32 Å². The molecule has 1 fully saturated rings. The van der Waals surface area contributed by atoms with Crippen molar-refractivity contribution in [3.05, 3.63) is 30.4 Å². The minimum absolute atomic E-state index is 0.0123. The summed E-state index contributed by atoms with van der Waals surface area (Å²) in [7, 11) is 0. The van der Waals surface area contributed by atoms with Crippen molar-refractivity contribution in [3.8, 4) is 11.5 Å². The Balaban J connectivity index is 1.54. The highest BCUT2D eigenvalue weighted by Crippen LogP contribution is 2.48. The molecule has 2 aliphatic carbocycles. The highest BCUT2D eigenvalue weighted by molar-refractivity contribution is 5.96. The summed E-state index contributed by atoms with van der Waals surface area (Å²) in [6.07, 6.45) is 4.64. The largest absolute Gasteiger partial charge is 0.486 e. The van der Waals surface area contributed by atoms with Crippen LogP contribution in [0.1, 0.15) is 6.42 Å². The SMILES string of the molecule is O=C(O)[C@@H]1[C@@H](C(=O)Nc2ccc3c(c2)OCCO3)[C@H]2C=C[C@H]1C2. The molecule has 0 aromatic heterocycles. The maximum atomic E-state index is 12.6. The first kappa shape index (κ1) is 14.1. The average Bonchev–Trinajstić information content (AvgIpc) is 3.15. The van der Waals surface area contributed by atoms with Crippen molar-refractivity contribution in [2.45, 2.75) is 6.42 Å². The van der Waals surface area contributed by atoms with Gasteiger partial charge in [-0.15, -0.1) is 0 Å². The van der Waals surface area contributed by atoms with Crippen LogP contribution in [0, 0.1) is 23.7 Å². The van der Waals surface area contributed by atoms with E-state index in [0.29, 0.717) is 30.4 Å². The number of carbonyl (C=O) groups is 2. The molecule has 0 spiro atoms. The van der Waals surface area contributed by atoms with Crippen molar-refractivity contribution in [1.29, 1.82) is 0 Å². The number of carbonyl (C=O) groups excluding carboxylic acids is 1. The summed E-state index contributed by atoms with van der Waals surface area (Å²) in [5.41, 5.74) is 0.593. The number of aliphatic carboxylic acids is 1. The summed E-state index contributed by atoms with van der Waals surface area (Å²) in [5, 5.41) is 12.3. The third-order valence-corrected chi connectivity index (χ3v) is 4.86. The standard InChI is InChI=1S/C17H17NO5/c19-16(14-9-1-2-10(7-9)15(14)17(20)21)18-11-3-4-12-13(8-11)23-6-5-22-12/h1-4,8-10,14-15H,5-7H2,(H,18,19)(H,20,21)/t9-,10-,14-,15-/m0/s1. The highest BCUT2D eigenvalue weighted by atomic mass is 16.6. The third-order valence-electron chi connectivity index (χ3n) is 4.86. The first-order valence-electron chi connectivity index (χ1n) is 7.75. The average molecular weight is 315 g/mol. The van der Waals surface area contributed by atoms with Gasteiger partial charge < -0.3 is 19.9 Å². The van der Waals surface area contributed by atoms with Gasteiger partial charge in [0.1, 0.15) is 13.2 Å². The summed E-state index contributed by atoms with van der Waals surface area (Å²) in [5.74, 6) is -1.07. The number of benzene rings is 1. The van der Waals surface area contributed by atoms with E-state index in [1.54, 1.807) is 18.2 Å². The molecule has 6 nitrogen and oxygen atoms in total. The van der Waals surface area contributed by atoms with E-state index in [1.807, 2.05) is 12.2 Å². The van der Waals surface area contributed by atoms with Gasteiger partial charge in [-0.2, -0.15) is 0 Å². The number of amides is 1. The normalized spacial score (nSPS) is 30.3. The van der Waals surface area contributed by atoms with E-state index in [0.717, 1.165) is 6.42 Å². The number of allylic oxidation sites excluding steroid dienone is 2. The lowest BCUT2D eigenvalue weighted by molar-refractivity contribution is -0.146. The van der Waals surface area contributed by atoms with Crippen LogP contribution >= 0.6 is 0 Å². The molecule has 6 heteroatoms. The number of anilines is 1. The molecule has 3 aliphatic rings. The molecule has 1 amide bonds. The van der Waals surface area contributed by atoms with E-state index >= 15 is 0 Å². The number of ether oxygens (including phenoxy) is 2. The lowest BCUT2D eigenvalue weighted by Gasteiger charge is -2.24. The topological polar surface area (TPSA) is 84.9 Å². The molecule has 23 heavy (non-hydrogen) atoms. The summed E-state index contributed by atoms with van der Waals surface area (Å²) in [4.78, 5) is 24.1. The van der Waals surface area contributed by atoms with Gasteiger partial charge in [0.2, 0.25) is 5.91 Å². The van der Waals surface area contributed by atoms with Crippen LogP contribution < -0.4 is 14.8 Å². The van der Waals surface area contributed by atoms with Gasteiger partial charge in [-0.1, -0.05) is 12.2 Å². The molecular formula is C17H17NO5. The van der Waals surface area contributed by atoms with Crippen molar-refractivity contribution < 1.29 is 24.2 Å². The van der Waals surface area contributed by atoms with Crippen molar-refractivity contribution in [2.75, 3.05) is 18.5 Å². The van der Waals surface area contributed by atoms with Crippen LogP contribution in [-0.2, 0) is 9.59 Å². The number of hydrogen-bond donors (Lipinski definition) is 2. The maximum Gasteiger partial charge on any atom is 0.307 e. The van der Waals surface area contributed by atoms with E-state index in [-0.39, 0.29) is 17.7 Å². The summed E-state index contributed by atoms with van der Waals surface area (Å²) < 4.78 is 10.9. The van der Waals surface area contributed by atoms with Gasteiger partial charge in [-0.25, -0.2) is 0 Å². The molecule has 120 valence electrons. The van der Waals surface area contributed by atoms with Gasteiger partial charge in [0.15, 0.2) is 11.5 Å². The molecule has 2 N–H and O–H groups in total. The second-order valence-corrected chi connectivity index (χ2v) is 6.19. The molecule has 1 aromatic carbocycles. The molecule has 2 bridgehead atoms. The number of fused-ring (bicyclic) bond motifs is 3. The van der Waals surface area contributed by atoms with Crippen molar-refractivity contribution in [2.24, 2.45) is 23.7 Å². The van der Waals surface area contributed by atoms with Gasteiger partial charge in [-0.05, 0) is 30.4 Å². The second-order valence-electron chi connectivity index (χ2n) is 6.19. The summed E-state index contributed by atoms with van der Waals surface area (Å²) >= 11 is 0. The van der Waals surface area contributed by atoms with Gasteiger partial charge in [0.05, 0.1) is 11.8 Å². The Morgan fingerprint density at radius 1 is 1.04 bits per heavy atom. The fourth-order valence-corrected chi connectivity index (χ4v) is 3.86. The zero-order chi connectivity index (χ0) is 16.0. The van der Waals surface area contributed by atoms with Gasteiger partial charge in [0.25, 0.3) is 0 Å². The van der Waals surface area contributed by atoms with Gasteiger partial charge in [-0.3, -0.25) is 9.59 Å². The van der Waals surface area contributed by atoms with E-state index in [4.69, 9.17) is 9.47 Å². The van der Waals surface area contributed by atoms with E-state index in [9.17, 15) is 14.7 Å². The first-order chi connectivity index (χ1) is 11.1. The minimum atomic E-state index is -0.899. The second kappa shape index (κ2) is 5.30. The molecule has 4 rings (SSSR count). The molecule has 1 aliphatic heterocycles. The zero-order valence-corrected chi connectivity index (χ0v) is 12.4. The number of carboxylic acid groups (broad SMARTS) is 1. The van der Waals surface area contributed by atoms with Crippen LogP contribution in [0.15, 0.2) is 30.4 Å². The van der Waals surface area contributed by atoms with Crippen LogP contribution in [0.5, 0.6) is 11.5 Å². The number of carboxylic acids is 1. The number of nitrogens with one attached hydrogen (secondary N) is 1. The Labute approximate surface area is 133 Å². The third kappa shape index (κ3) is 2.34. The Hall–Kier alpha value is -2.50. The fraction of sp³-hybridized carbons (Fsp3) is 0.412. The van der Waals surface area contributed by atoms with Crippen LogP contribution in [0.25, 0.3) is 0 Å². The van der Waals surface area contributed by atoms with Crippen LogP contribution in [0.2, 0.25) is 0 Å². The van der Waals surface area contributed by atoms with Gasteiger partial charge in [0, 0.05) is 11.8 Å². The molecule has 1 heterocycles. The molecule has 4 atom stereocenters. The van der Waals surface area contributed by atoms with Crippen LogP contribution in [0.3, 0.4) is 0 Å². The Kier molecular flexibility index (Phi) is 3.25. The molecule has 0 unspecified atom stereocenters. The van der Waals surface area contributed by atoms with E-state index in [1.165, 1.54) is 0 Å². The first-order valence-corrected chi connectivity index (χ1v) is 7.75. The molecule has 0 saturated heterocycles. The monoisotopic (exact) mass is 315 g/mol. The molecule has 0 radical (unpaired) electrons. The highest BCUT2D eigenvalue weighted by Gasteiger charge is 2.51. The number of hydrogen-bond acceptors (Lipinski definition) is 4. The van der Waals surface area contributed by atoms with Gasteiger partial charge >= 0.3 is 5.97 Å². The predicted octanol–water partition coefficient (Wildman–Crippen LogP) is 1.92. The van der Waals surface area contributed by atoms with Crippen LogP contribution in [-0.4, -0.2) is 30.2 Å². The molecule has 1 aromatic rings. The van der Waals surface area contributed by atoms with Crippen LogP contribution in [0.4, 0.5) is 5.69 Å². The fourth-order valence-electron chi connectivity index (χ4n) is 3.86. The summed E-state index contributed by atoms with van der Waals surface area (Å²) in [6, 6.07) is 5.20. The quantitative estimate of drug-likeness (QED) is 0.832. The van der Waals surface area contributed by atoms with Crippen molar-refractivity contribution in [1.82, 2.24) is 0 Å². The lowest BCUT2D eigenvalue weighted by atomic mass is 9.82. The Morgan fingerprint density at radius 3 is 2.48 bits per heavy atom. The Morgan fingerprint density at radius 2 is 1.74 bits per heavy atom. The smallest absolute Gasteiger partial charge is 0.307 e. The minimum Gasteiger partial charge on any atom is -0.486 e. The maximum absolute atomic E-state index is 12.6. The van der Waals surface area contributed by atoms with E-state index < -0.39 is 17.8 Å². The Bertz CT molecular complexity index is 698.